The van der Waals surface area contributed by atoms with Gasteiger partial charge in [-0.1, -0.05) is 19.4 Å². The molecule has 3 rings (SSSR count). The highest BCUT2D eigenvalue weighted by atomic mass is 16.7. The minimum absolute atomic E-state index is 0.00365. The molecule has 0 aromatic rings. The van der Waals surface area contributed by atoms with Gasteiger partial charge < -0.3 is 15.5 Å². The number of hydrogen-bond acceptors (Lipinski definition) is 5. The van der Waals surface area contributed by atoms with Gasteiger partial charge in [-0.05, 0) is 31.6 Å². The third-order valence-electron chi connectivity index (χ3n) is 5.87. The summed E-state index contributed by atoms with van der Waals surface area (Å²) in [5.74, 6) is -1.22. The van der Waals surface area contributed by atoms with Crippen molar-refractivity contribution in [2.75, 3.05) is 13.1 Å². The highest BCUT2D eigenvalue weighted by molar-refractivity contribution is 5.97. The first-order valence-electron chi connectivity index (χ1n) is 9.84. The fourth-order valence-corrected chi connectivity index (χ4v) is 3.89. The van der Waals surface area contributed by atoms with Crippen LogP contribution in [0.1, 0.15) is 39.0 Å². The van der Waals surface area contributed by atoms with Gasteiger partial charge in [-0.3, -0.25) is 24.0 Å². The van der Waals surface area contributed by atoms with Crippen LogP contribution in [0.4, 0.5) is 0 Å². The van der Waals surface area contributed by atoms with Gasteiger partial charge in [-0.2, -0.15) is 0 Å². The molecule has 1 saturated heterocycles. The number of carbonyl (C=O) groups is 4. The minimum Gasteiger partial charge on any atom is -0.350 e. The summed E-state index contributed by atoms with van der Waals surface area (Å²) in [6, 6.07) is -0.661. The summed E-state index contributed by atoms with van der Waals surface area (Å²) in [5.41, 5.74) is 1.38. The van der Waals surface area contributed by atoms with E-state index in [9.17, 15) is 19.2 Å². The van der Waals surface area contributed by atoms with Crippen LogP contribution in [0.3, 0.4) is 0 Å². The molecule has 3 N–H and O–H groups in total. The first kappa shape index (κ1) is 20.3. The van der Waals surface area contributed by atoms with Crippen molar-refractivity contribution in [2.45, 2.75) is 56.7 Å². The fourth-order valence-electron chi connectivity index (χ4n) is 3.89. The second-order valence-corrected chi connectivity index (χ2v) is 7.74. The maximum Gasteiger partial charge on any atom is 0.269 e. The summed E-state index contributed by atoms with van der Waals surface area (Å²) < 4.78 is 0. The second-order valence-electron chi connectivity index (χ2n) is 7.74. The molecule has 3 aliphatic rings. The molecule has 4 amide bonds. The molecule has 3 fully saturated rings. The Morgan fingerprint density at radius 2 is 2.04 bits per heavy atom. The van der Waals surface area contributed by atoms with Gasteiger partial charge in [0.1, 0.15) is 11.6 Å². The van der Waals surface area contributed by atoms with Gasteiger partial charge in [-0.15, -0.1) is 6.58 Å². The number of carbonyl (C=O) groups excluding carboxylic acids is 4. The molecule has 9 heteroatoms. The van der Waals surface area contributed by atoms with Gasteiger partial charge >= 0.3 is 0 Å². The molecule has 0 aromatic carbocycles. The number of likely N-dealkylation sites (tertiary alicyclic amines) is 1. The predicted molar refractivity (Wildman–Crippen MR) is 99.4 cm³/mol. The molecule has 4 unspecified atom stereocenters. The van der Waals surface area contributed by atoms with Gasteiger partial charge in [0.25, 0.3) is 5.91 Å². The van der Waals surface area contributed by atoms with Crippen LogP contribution in [0.15, 0.2) is 12.7 Å². The Kier molecular flexibility index (Phi) is 6.02. The molecular formula is C19H28N4O5. The summed E-state index contributed by atoms with van der Waals surface area (Å²) in [4.78, 5) is 55.5. The van der Waals surface area contributed by atoms with Crippen LogP contribution in [0.25, 0.3) is 0 Å². The molecule has 1 aliphatic heterocycles. The highest BCUT2D eigenvalue weighted by Gasteiger charge is 2.61. The molecule has 0 aromatic heterocycles. The van der Waals surface area contributed by atoms with Crippen molar-refractivity contribution < 1.29 is 24.0 Å². The standard InChI is InChI=1S/C19H28N4O5/c1-3-12-7-8-23(15(25)10-20-11-24)16(12)17(26)21-19(9-13(19)4-2)18(27)22-28-14-5-6-14/h4,11-14,16H,2-3,5-10H2,1H3,(H,20,24)(H,21,26)(H,22,27). The molecule has 4 atom stereocenters. The van der Waals surface area contributed by atoms with Gasteiger partial charge in [0.05, 0.1) is 12.6 Å². The molecule has 28 heavy (non-hydrogen) atoms. The van der Waals surface area contributed by atoms with Crippen molar-refractivity contribution in [2.24, 2.45) is 11.8 Å². The van der Waals surface area contributed by atoms with Crippen LogP contribution in [0.2, 0.25) is 0 Å². The summed E-state index contributed by atoms with van der Waals surface area (Å²) in [7, 11) is 0. The fraction of sp³-hybridized carbons (Fsp3) is 0.684. The minimum atomic E-state index is -1.08. The van der Waals surface area contributed by atoms with E-state index in [4.69, 9.17) is 4.84 Å². The zero-order valence-corrected chi connectivity index (χ0v) is 16.1. The number of nitrogens with one attached hydrogen (secondary N) is 3. The number of hydroxylamine groups is 1. The third-order valence-corrected chi connectivity index (χ3v) is 5.87. The van der Waals surface area contributed by atoms with Gasteiger partial charge in [0.15, 0.2) is 0 Å². The molecule has 2 aliphatic carbocycles. The van der Waals surface area contributed by atoms with E-state index in [1.807, 2.05) is 6.92 Å². The lowest BCUT2D eigenvalue weighted by atomic mass is 9.96. The van der Waals surface area contributed by atoms with Crippen LogP contribution in [-0.4, -0.2) is 59.8 Å². The average molecular weight is 392 g/mol. The van der Waals surface area contributed by atoms with E-state index in [2.05, 4.69) is 22.7 Å². The topological polar surface area (TPSA) is 117 Å². The number of hydrogen-bond donors (Lipinski definition) is 3. The quantitative estimate of drug-likeness (QED) is 0.266. The summed E-state index contributed by atoms with van der Waals surface area (Å²) in [6.07, 6.45) is 5.88. The molecule has 0 radical (unpaired) electrons. The Morgan fingerprint density at radius 3 is 2.61 bits per heavy atom. The predicted octanol–water partition coefficient (Wildman–Crippen LogP) is -0.369. The van der Waals surface area contributed by atoms with Crippen molar-refractivity contribution >= 4 is 24.1 Å². The Bertz CT molecular complexity index is 665. The number of rotatable bonds is 10. The Morgan fingerprint density at radius 1 is 1.29 bits per heavy atom. The SMILES string of the molecule is C=CC1CC1(NC(=O)C1C(CC)CCN1C(=O)CNC=O)C(=O)NOC1CC1. The molecule has 1 heterocycles. The lowest BCUT2D eigenvalue weighted by Crippen LogP contribution is -2.57. The lowest BCUT2D eigenvalue weighted by Gasteiger charge is -2.29. The normalized spacial score (nSPS) is 31.0. The molecule has 154 valence electrons. The molecule has 0 bridgehead atoms. The van der Waals surface area contributed by atoms with Crippen molar-refractivity contribution in [3.05, 3.63) is 12.7 Å². The maximum atomic E-state index is 13.1. The summed E-state index contributed by atoms with van der Waals surface area (Å²) in [5, 5.41) is 5.22. The van der Waals surface area contributed by atoms with E-state index >= 15 is 0 Å². The molecule has 2 saturated carbocycles. The van der Waals surface area contributed by atoms with E-state index < -0.39 is 11.6 Å². The zero-order chi connectivity index (χ0) is 20.3. The van der Waals surface area contributed by atoms with E-state index in [0.29, 0.717) is 25.8 Å². The average Bonchev–Trinajstić information content (AvgIpc) is 3.60. The Hall–Kier alpha value is -2.42. The van der Waals surface area contributed by atoms with Gasteiger partial charge in [0, 0.05) is 12.5 Å². The smallest absolute Gasteiger partial charge is 0.269 e. The van der Waals surface area contributed by atoms with E-state index in [-0.39, 0.29) is 42.2 Å². The monoisotopic (exact) mass is 392 g/mol. The van der Waals surface area contributed by atoms with Crippen LogP contribution in [0, 0.1) is 11.8 Å². The highest BCUT2D eigenvalue weighted by Crippen LogP contribution is 2.45. The Balaban J connectivity index is 1.69. The second kappa shape index (κ2) is 8.30. The first-order valence-corrected chi connectivity index (χ1v) is 9.84. The Labute approximate surface area is 164 Å². The van der Waals surface area contributed by atoms with Crippen LogP contribution in [-0.2, 0) is 24.0 Å². The lowest BCUT2D eigenvalue weighted by molar-refractivity contribution is -0.144. The van der Waals surface area contributed by atoms with Crippen molar-refractivity contribution in [1.29, 1.82) is 0 Å². The van der Waals surface area contributed by atoms with Crippen LogP contribution < -0.4 is 16.1 Å². The largest absolute Gasteiger partial charge is 0.350 e. The third kappa shape index (κ3) is 4.04. The van der Waals surface area contributed by atoms with E-state index in [0.717, 1.165) is 19.3 Å². The zero-order valence-electron chi connectivity index (χ0n) is 16.1. The number of amides is 4. The van der Waals surface area contributed by atoms with E-state index in [1.165, 1.54) is 4.90 Å². The van der Waals surface area contributed by atoms with Gasteiger partial charge in [0.2, 0.25) is 18.2 Å². The first-order chi connectivity index (χ1) is 13.5. The number of nitrogens with zero attached hydrogens (tertiary/aromatic N) is 1. The van der Waals surface area contributed by atoms with Gasteiger partial charge in [-0.25, -0.2) is 5.48 Å². The maximum absolute atomic E-state index is 13.1. The van der Waals surface area contributed by atoms with Crippen molar-refractivity contribution in [3.63, 3.8) is 0 Å². The molecule has 0 spiro atoms. The van der Waals surface area contributed by atoms with E-state index in [1.54, 1.807) is 6.08 Å². The van der Waals surface area contributed by atoms with Crippen molar-refractivity contribution in [3.8, 4) is 0 Å². The molecule has 9 nitrogen and oxygen atoms in total. The summed E-state index contributed by atoms with van der Waals surface area (Å²) in [6.45, 7) is 6.01. The van der Waals surface area contributed by atoms with Crippen LogP contribution in [0.5, 0.6) is 0 Å². The molecular weight excluding hydrogens is 364 g/mol. The van der Waals surface area contributed by atoms with Crippen molar-refractivity contribution in [1.82, 2.24) is 21.0 Å². The van der Waals surface area contributed by atoms with Crippen LogP contribution >= 0.6 is 0 Å². The summed E-state index contributed by atoms with van der Waals surface area (Å²) >= 11 is 0.